The summed E-state index contributed by atoms with van der Waals surface area (Å²) in [7, 11) is 0. The number of alkyl halides is 2. The van der Waals surface area contributed by atoms with Crippen molar-refractivity contribution in [2.75, 3.05) is 0 Å². The molecule has 0 atom stereocenters. The van der Waals surface area contributed by atoms with Crippen LogP contribution in [-0.4, -0.2) is 5.24 Å². The van der Waals surface area contributed by atoms with Crippen LogP contribution >= 0.6 is 43.5 Å². The molecule has 0 bridgehead atoms. The van der Waals surface area contributed by atoms with Crippen LogP contribution in [0.3, 0.4) is 0 Å². The Morgan fingerprint density at radius 2 is 1.85 bits per heavy atom. The summed E-state index contributed by atoms with van der Waals surface area (Å²) in [5, 5.41) is -0.377. The van der Waals surface area contributed by atoms with E-state index in [4.69, 9.17) is 11.6 Å². The van der Waals surface area contributed by atoms with Crippen molar-refractivity contribution in [2.45, 2.75) is 9.65 Å². The molecule has 0 amide bonds. The Balaban J connectivity index is 2.87. The topological polar surface area (TPSA) is 17.1 Å². The van der Waals surface area contributed by atoms with Crippen LogP contribution in [0, 0.1) is 0 Å². The van der Waals surface area contributed by atoms with E-state index in [2.05, 4.69) is 31.9 Å². The van der Waals surface area contributed by atoms with Crippen molar-refractivity contribution in [1.82, 2.24) is 0 Å². The van der Waals surface area contributed by atoms with Gasteiger partial charge in [0, 0.05) is 0 Å². The lowest BCUT2D eigenvalue weighted by Gasteiger charge is -2.18. The number of hydrogen-bond donors (Lipinski definition) is 0. The van der Waals surface area contributed by atoms with E-state index in [0.29, 0.717) is 0 Å². The average Bonchev–Trinajstić information content (AvgIpc) is 2.04. The summed E-state index contributed by atoms with van der Waals surface area (Å²) >= 11 is 12.1. The first-order chi connectivity index (χ1) is 6.02. The highest BCUT2D eigenvalue weighted by Crippen LogP contribution is 2.41. The molecule has 1 rings (SSSR count). The summed E-state index contributed by atoms with van der Waals surface area (Å²) in [5.74, 6) is 0. The van der Waals surface area contributed by atoms with Crippen LogP contribution in [0.4, 0.5) is 0 Å². The molecule has 0 N–H and O–H groups in total. The van der Waals surface area contributed by atoms with Gasteiger partial charge in [-0.15, -0.1) is 0 Å². The molecule has 1 aromatic rings. The highest BCUT2D eigenvalue weighted by molar-refractivity contribution is 9.24. The molecule has 0 spiro atoms. The van der Waals surface area contributed by atoms with Crippen LogP contribution in [0.2, 0.25) is 0 Å². The normalized spacial score (nSPS) is 11.3. The Labute approximate surface area is 98.7 Å². The molecule has 0 aliphatic rings. The van der Waals surface area contributed by atoms with Crippen molar-refractivity contribution >= 4 is 48.7 Å². The third-order valence-electron chi connectivity index (χ3n) is 1.56. The minimum absolute atomic E-state index is 0.207. The number of carbonyl (C=O) groups is 1. The highest BCUT2D eigenvalue weighted by atomic mass is 79.9. The minimum atomic E-state index is -0.542. The molecule has 70 valence electrons. The van der Waals surface area contributed by atoms with Gasteiger partial charge >= 0.3 is 0 Å². The zero-order chi connectivity index (χ0) is 9.90. The standard InChI is InChI=1S/C9H7Br2ClO/c10-9(11,6-8(12)13)7-4-2-1-3-5-7/h1-5H,6H2. The van der Waals surface area contributed by atoms with E-state index in [1.165, 1.54) is 0 Å². The maximum Gasteiger partial charge on any atom is 0.224 e. The maximum absolute atomic E-state index is 10.7. The molecule has 0 saturated heterocycles. The third-order valence-corrected chi connectivity index (χ3v) is 3.17. The molecule has 4 heteroatoms. The fourth-order valence-corrected chi connectivity index (χ4v) is 2.52. The van der Waals surface area contributed by atoms with Crippen LogP contribution in [-0.2, 0) is 8.03 Å². The molecule has 0 heterocycles. The molecular formula is C9H7Br2ClO. The van der Waals surface area contributed by atoms with E-state index in [9.17, 15) is 4.79 Å². The van der Waals surface area contributed by atoms with Crippen molar-refractivity contribution in [1.29, 1.82) is 0 Å². The SMILES string of the molecule is O=C(Cl)CC(Br)(Br)c1ccccc1. The summed E-state index contributed by atoms with van der Waals surface area (Å²) in [6.45, 7) is 0. The summed E-state index contributed by atoms with van der Waals surface area (Å²) < 4.78 is -0.542. The monoisotopic (exact) mass is 324 g/mol. The second-order valence-corrected chi connectivity index (χ2v) is 6.80. The van der Waals surface area contributed by atoms with Crippen molar-refractivity contribution < 1.29 is 4.79 Å². The van der Waals surface area contributed by atoms with E-state index >= 15 is 0 Å². The Bertz CT molecular complexity index is 298. The largest absolute Gasteiger partial charge is 0.281 e. The van der Waals surface area contributed by atoms with Gasteiger partial charge in [-0.3, -0.25) is 4.79 Å². The Kier molecular flexibility index (Phi) is 3.95. The number of carbonyl (C=O) groups excluding carboxylic acids is 1. The third kappa shape index (κ3) is 3.41. The predicted molar refractivity (Wildman–Crippen MR) is 61.5 cm³/mol. The van der Waals surface area contributed by atoms with Gasteiger partial charge in [0.2, 0.25) is 5.24 Å². The first kappa shape index (κ1) is 11.2. The van der Waals surface area contributed by atoms with Crippen LogP contribution < -0.4 is 0 Å². The van der Waals surface area contributed by atoms with Crippen molar-refractivity contribution in [3.63, 3.8) is 0 Å². The second kappa shape index (κ2) is 4.58. The van der Waals surface area contributed by atoms with Gasteiger partial charge in [0.1, 0.15) is 3.23 Å². The molecular weight excluding hydrogens is 319 g/mol. The molecule has 0 unspecified atom stereocenters. The molecule has 0 aromatic heterocycles. The average molecular weight is 326 g/mol. The van der Waals surface area contributed by atoms with Crippen LogP contribution in [0.1, 0.15) is 12.0 Å². The van der Waals surface area contributed by atoms with Gasteiger partial charge in [-0.2, -0.15) is 0 Å². The summed E-state index contributed by atoms with van der Waals surface area (Å²) in [6, 6.07) is 9.57. The molecule has 1 nitrogen and oxygen atoms in total. The zero-order valence-electron chi connectivity index (χ0n) is 6.64. The molecule has 0 fully saturated rings. The van der Waals surface area contributed by atoms with Crippen molar-refractivity contribution in [3.05, 3.63) is 35.9 Å². The molecule has 1 aromatic carbocycles. The number of benzene rings is 1. The van der Waals surface area contributed by atoms with Crippen LogP contribution in [0.5, 0.6) is 0 Å². The Morgan fingerprint density at radius 3 is 2.31 bits per heavy atom. The minimum Gasteiger partial charge on any atom is -0.281 e. The predicted octanol–water partition coefficient (Wildman–Crippen LogP) is 3.78. The van der Waals surface area contributed by atoms with Gasteiger partial charge < -0.3 is 0 Å². The Hall–Kier alpha value is 0.140. The number of halogens is 3. The van der Waals surface area contributed by atoms with Crippen molar-refractivity contribution in [2.24, 2.45) is 0 Å². The van der Waals surface area contributed by atoms with E-state index < -0.39 is 3.23 Å². The summed E-state index contributed by atoms with van der Waals surface area (Å²) in [6.07, 6.45) is 0.207. The van der Waals surface area contributed by atoms with E-state index in [0.717, 1.165) is 5.56 Å². The van der Waals surface area contributed by atoms with E-state index in [1.807, 2.05) is 30.3 Å². The molecule has 0 radical (unpaired) electrons. The van der Waals surface area contributed by atoms with Crippen LogP contribution in [0.25, 0.3) is 0 Å². The smallest absolute Gasteiger partial charge is 0.224 e. The molecule has 0 aliphatic carbocycles. The van der Waals surface area contributed by atoms with Gasteiger partial charge in [-0.1, -0.05) is 62.2 Å². The van der Waals surface area contributed by atoms with Crippen LogP contribution in [0.15, 0.2) is 30.3 Å². The van der Waals surface area contributed by atoms with Gasteiger partial charge in [0.15, 0.2) is 0 Å². The lowest BCUT2D eigenvalue weighted by atomic mass is 10.1. The van der Waals surface area contributed by atoms with Gasteiger partial charge in [-0.05, 0) is 17.2 Å². The number of hydrogen-bond acceptors (Lipinski definition) is 1. The van der Waals surface area contributed by atoms with Gasteiger partial charge in [0.05, 0.1) is 6.42 Å². The molecule has 13 heavy (non-hydrogen) atoms. The summed E-state index contributed by atoms with van der Waals surface area (Å²) in [5.41, 5.74) is 0.976. The van der Waals surface area contributed by atoms with E-state index in [-0.39, 0.29) is 11.7 Å². The fourth-order valence-electron chi connectivity index (χ4n) is 0.959. The van der Waals surface area contributed by atoms with Gasteiger partial charge in [-0.25, -0.2) is 0 Å². The van der Waals surface area contributed by atoms with E-state index in [1.54, 1.807) is 0 Å². The quantitative estimate of drug-likeness (QED) is 0.610. The fraction of sp³-hybridized carbons (Fsp3) is 0.222. The molecule has 0 aliphatic heterocycles. The van der Waals surface area contributed by atoms with Gasteiger partial charge in [0.25, 0.3) is 0 Å². The second-order valence-electron chi connectivity index (χ2n) is 2.60. The first-order valence-corrected chi connectivity index (χ1v) is 5.60. The lowest BCUT2D eigenvalue weighted by Crippen LogP contribution is -2.11. The lowest BCUT2D eigenvalue weighted by molar-refractivity contribution is -0.111. The Morgan fingerprint density at radius 1 is 1.31 bits per heavy atom. The summed E-state index contributed by atoms with van der Waals surface area (Å²) in [4.78, 5) is 10.7. The maximum atomic E-state index is 10.7. The molecule has 0 saturated carbocycles. The first-order valence-electron chi connectivity index (χ1n) is 3.64. The highest BCUT2D eigenvalue weighted by Gasteiger charge is 2.27. The van der Waals surface area contributed by atoms with Crippen molar-refractivity contribution in [3.8, 4) is 0 Å². The zero-order valence-corrected chi connectivity index (χ0v) is 10.6. The number of rotatable bonds is 3.